The van der Waals surface area contributed by atoms with Gasteiger partial charge in [0.25, 0.3) is 5.91 Å². The van der Waals surface area contributed by atoms with Crippen molar-refractivity contribution in [2.24, 2.45) is 0 Å². The van der Waals surface area contributed by atoms with Crippen molar-refractivity contribution >= 4 is 11.7 Å². The summed E-state index contributed by atoms with van der Waals surface area (Å²) in [4.78, 5) is 21.8. The topological polar surface area (TPSA) is 36.4 Å². The molecule has 0 N–H and O–H groups in total. The minimum absolute atomic E-state index is 0.0534. The number of pyridine rings is 1. The van der Waals surface area contributed by atoms with Crippen LogP contribution in [0.3, 0.4) is 0 Å². The van der Waals surface area contributed by atoms with Crippen molar-refractivity contribution in [2.45, 2.75) is 39.4 Å². The second kappa shape index (κ2) is 8.48. The molecule has 0 aliphatic carbocycles. The molecule has 0 radical (unpaired) electrons. The second-order valence-electron chi connectivity index (χ2n) is 7.86. The van der Waals surface area contributed by atoms with E-state index in [9.17, 15) is 4.79 Å². The number of fused-ring (bicyclic) bond motifs is 1. The van der Waals surface area contributed by atoms with E-state index in [2.05, 4.69) is 66.2 Å². The zero-order valence-corrected chi connectivity index (χ0v) is 17.1. The summed E-state index contributed by atoms with van der Waals surface area (Å²) in [6, 6.07) is 22.9. The fourth-order valence-electron chi connectivity index (χ4n) is 3.84. The van der Waals surface area contributed by atoms with Crippen molar-refractivity contribution in [1.82, 2.24) is 9.88 Å². The van der Waals surface area contributed by atoms with E-state index in [1.54, 1.807) is 6.20 Å². The molecule has 29 heavy (non-hydrogen) atoms. The third-order valence-corrected chi connectivity index (χ3v) is 5.53. The Bertz CT molecular complexity index is 967. The first-order valence-electron chi connectivity index (χ1n) is 10.2. The molecule has 1 aliphatic heterocycles. The van der Waals surface area contributed by atoms with Gasteiger partial charge in [0.2, 0.25) is 0 Å². The van der Waals surface area contributed by atoms with Gasteiger partial charge >= 0.3 is 0 Å². The van der Waals surface area contributed by atoms with Crippen LogP contribution in [0.1, 0.15) is 40.9 Å². The molecule has 0 fully saturated rings. The molecule has 0 atom stereocenters. The highest BCUT2D eigenvalue weighted by Crippen LogP contribution is 2.22. The minimum atomic E-state index is 0.0534. The number of amides is 1. The molecule has 1 amide bonds. The van der Waals surface area contributed by atoms with Crippen LogP contribution in [-0.4, -0.2) is 28.4 Å². The summed E-state index contributed by atoms with van der Waals surface area (Å²) < 4.78 is 0. The quantitative estimate of drug-likeness (QED) is 0.639. The van der Waals surface area contributed by atoms with E-state index in [1.165, 1.54) is 16.7 Å². The monoisotopic (exact) mass is 385 g/mol. The molecule has 2 aromatic carbocycles. The molecular weight excluding hydrogens is 358 g/mol. The minimum Gasteiger partial charge on any atom is -0.350 e. The van der Waals surface area contributed by atoms with E-state index in [1.807, 2.05) is 29.2 Å². The maximum Gasteiger partial charge on any atom is 0.255 e. The van der Waals surface area contributed by atoms with Crippen LogP contribution in [0.15, 0.2) is 72.9 Å². The lowest BCUT2D eigenvalue weighted by atomic mass is 9.99. The molecule has 0 spiro atoms. The van der Waals surface area contributed by atoms with Gasteiger partial charge in [0.05, 0.1) is 5.56 Å². The second-order valence-corrected chi connectivity index (χ2v) is 7.86. The van der Waals surface area contributed by atoms with Gasteiger partial charge < -0.3 is 9.80 Å². The zero-order chi connectivity index (χ0) is 20.2. The predicted octanol–water partition coefficient (Wildman–Crippen LogP) is 4.70. The van der Waals surface area contributed by atoms with Crippen LogP contribution in [0, 0.1) is 0 Å². The Morgan fingerprint density at radius 1 is 1.00 bits per heavy atom. The van der Waals surface area contributed by atoms with Crippen molar-refractivity contribution in [3.05, 3.63) is 95.2 Å². The van der Waals surface area contributed by atoms with E-state index >= 15 is 0 Å². The van der Waals surface area contributed by atoms with Gasteiger partial charge in [-0.25, -0.2) is 4.98 Å². The Kier molecular flexibility index (Phi) is 5.61. The average molecular weight is 386 g/mol. The number of hydrogen-bond acceptors (Lipinski definition) is 3. The van der Waals surface area contributed by atoms with Crippen molar-refractivity contribution in [2.75, 3.05) is 11.4 Å². The standard InChI is InChI=1S/C25H27N3O/c1-19(2)28(17-20-8-4-3-5-9-20)24-13-12-22(16-26-24)25(29)27-15-14-21-10-6-7-11-23(21)18-27/h3-13,16,19H,14-15,17-18H2,1-2H3. The van der Waals surface area contributed by atoms with Gasteiger partial charge in [-0.05, 0) is 49.1 Å². The summed E-state index contributed by atoms with van der Waals surface area (Å²) in [7, 11) is 0. The maximum atomic E-state index is 13.0. The smallest absolute Gasteiger partial charge is 0.255 e. The third kappa shape index (κ3) is 4.32. The highest BCUT2D eigenvalue weighted by Gasteiger charge is 2.22. The van der Waals surface area contributed by atoms with Crippen molar-refractivity contribution < 1.29 is 4.79 Å². The van der Waals surface area contributed by atoms with Crippen molar-refractivity contribution in [3.8, 4) is 0 Å². The Morgan fingerprint density at radius 3 is 2.41 bits per heavy atom. The number of benzene rings is 2. The van der Waals surface area contributed by atoms with Gasteiger partial charge in [0.1, 0.15) is 5.82 Å². The Hall–Kier alpha value is -3.14. The lowest BCUT2D eigenvalue weighted by Gasteiger charge is -2.30. The summed E-state index contributed by atoms with van der Waals surface area (Å²) in [5.74, 6) is 0.946. The molecule has 3 aromatic rings. The zero-order valence-electron chi connectivity index (χ0n) is 17.1. The fraction of sp³-hybridized carbons (Fsp3) is 0.280. The van der Waals surface area contributed by atoms with Gasteiger partial charge in [-0.2, -0.15) is 0 Å². The van der Waals surface area contributed by atoms with E-state index in [0.717, 1.165) is 25.3 Å². The normalized spacial score (nSPS) is 13.3. The number of rotatable bonds is 5. The van der Waals surface area contributed by atoms with Crippen LogP contribution in [0.5, 0.6) is 0 Å². The molecule has 1 aromatic heterocycles. The summed E-state index contributed by atoms with van der Waals surface area (Å²) in [6.45, 7) is 6.54. The van der Waals surface area contributed by atoms with Gasteiger partial charge in [-0.15, -0.1) is 0 Å². The molecule has 0 bridgehead atoms. The third-order valence-electron chi connectivity index (χ3n) is 5.53. The molecule has 1 aliphatic rings. The predicted molar refractivity (Wildman–Crippen MR) is 117 cm³/mol. The van der Waals surface area contributed by atoms with Crippen molar-refractivity contribution in [1.29, 1.82) is 0 Å². The van der Waals surface area contributed by atoms with E-state index in [-0.39, 0.29) is 5.91 Å². The molecule has 4 heteroatoms. The maximum absolute atomic E-state index is 13.0. The molecule has 4 rings (SSSR count). The summed E-state index contributed by atoms with van der Waals surface area (Å²) >= 11 is 0. The molecule has 2 heterocycles. The molecule has 0 saturated heterocycles. The van der Waals surface area contributed by atoms with Gasteiger partial charge in [0.15, 0.2) is 0 Å². The summed E-state index contributed by atoms with van der Waals surface area (Å²) in [6.07, 6.45) is 2.63. The SMILES string of the molecule is CC(C)N(Cc1ccccc1)c1ccc(C(=O)N2CCc3ccccc3C2)cn1. The average Bonchev–Trinajstić information content (AvgIpc) is 2.77. The van der Waals surface area contributed by atoms with E-state index in [4.69, 9.17) is 0 Å². The molecule has 0 saturated carbocycles. The van der Waals surface area contributed by atoms with Crippen LogP contribution in [-0.2, 0) is 19.5 Å². The number of hydrogen-bond donors (Lipinski definition) is 0. The Morgan fingerprint density at radius 2 is 1.72 bits per heavy atom. The van der Waals surface area contributed by atoms with Crippen LogP contribution in [0.4, 0.5) is 5.82 Å². The Balaban J connectivity index is 1.49. The lowest BCUT2D eigenvalue weighted by molar-refractivity contribution is 0.0734. The van der Waals surface area contributed by atoms with Crippen LogP contribution in [0.2, 0.25) is 0 Å². The van der Waals surface area contributed by atoms with Gasteiger partial charge in [-0.3, -0.25) is 4.79 Å². The van der Waals surface area contributed by atoms with E-state index < -0.39 is 0 Å². The highest BCUT2D eigenvalue weighted by molar-refractivity contribution is 5.94. The number of anilines is 1. The van der Waals surface area contributed by atoms with Gasteiger partial charge in [0, 0.05) is 31.9 Å². The summed E-state index contributed by atoms with van der Waals surface area (Å²) in [5.41, 5.74) is 4.48. The molecule has 148 valence electrons. The van der Waals surface area contributed by atoms with E-state index in [0.29, 0.717) is 18.2 Å². The Labute approximate surface area is 172 Å². The molecular formula is C25H27N3O. The number of nitrogens with zero attached hydrogens (tertiary/aromatic N) is 3. The van der Waals surface area contributed by atoms with Crippen molar-refractivity contribution in [3.63, 3.8) is 0 Å². The number of carbonyl (C=O) groups is 1. The number of carbonyl (C=O) groups excluding carboxylic acids is 1. The van der Waals surface area contributed by atoms with Gasteiger partial charge in [-0.1, -0.05) is 54.6 Å². The lowest BCUT2D eigenvalue weighted by Crippen LogP contribution is -2.36. The highest BCUT2D eigenvalue weighted by atomic mass is 16.2. The fourth-order valence-corrected chi connectivity index (χ4v) is 3.84. The first kappa shape index (κ1) is 19.2. The summed E-state index contributed by atoms with van der Waals surface area (Å²) in [5, 5.41) is 0. The number of aromatic nitrogens is 1. The molecule has 0 unspecified atom stereocenters. The first-order chi connectivity index (χ1) is 14.1. The van der Waals surface area contributed by atoms with Crippen LogP contribution < -0.4 is 4.90 Å². The molecule has 4 nitrogen and oxygen atoms in total. The van der Waals surface area contributed by atoms with Crippen LogP contribution in [0.25, 0.3) is 0 Å². The first-order valence-corrected chi connectivity index (χ1v) is 10.2. The van der Waals surface area contributed by atoms with Crippen LogP contribution >= 0.6 is 0 Å². The largest absolute Gasteiger partial charge is 0.350 e.